The molecule has 0 heterocycles. The topological polar surface area (TPSA) is 67.8 Å². The molecule has 34 heavy (non-hydrogen) atoms. The first-order valence-corrected chi connectivity index (χ1v) is 11.2. The van der Waals surface area contributed by atoms with Gasteiger partial charge in [-0.1, -0.05) is 78.3 Å². The predicted octanol–water partition coefficient (Wildman–Crippen LogP) is 6.02. The standard InChI is InChI=1S/C28H24ClNO4/c29-22-14-15-26(25(16-22)28(32)21-10-5-2-6-11-21)30-27(31)19-34-24-13-7-12-23(17-24)33-18-20-8-3-1-4-9-20/h1-17,28,32H,18-19H2,(H,30,31). The van der Waals surface area contributed by atoms with E-state index in [0.29, 0.717) is 39.9 Å². The molecule has 6 heteroatoms. The molecule has 0 spiro atoms. The molecule has 172 valence electrons. The lowest BCUT2D eigenvalue weighted by molar-refractivity contribution is -0.118. The molecule has 0 bridgehead atoms. The van der Waals surface area contributed by atoms with Crippen LogP contribution < -0.4 is 14.8 Å². The number of hydrogen-bond donors (Lipinski definition) is 2. The normalized spacial score (nSPS) is 11.5. The number of benzene rings is 4. The van der Waals surface area contributed by atoms with Crippen molar-refractivity contribution in [3.8, 4) is 11.5 Å². The van der Waals surface area contributed by atoms with Crippen LogP contribution in [0.15, 0.2) is 103 Å². The molecule has 0 radical (unpaired) electrons. The minimum atomic E-state index is -0.936. The first-order valence-electron chi connectivity index (χ1n) is 10.8. The summed E-state index contributed by atoms with van der Waals surface area (Å²) >= 11 is 6.15. The van der Waals surface area contributed by atoms with Gasteiger partial charge in [-0.2, -0.15) is 0 Å². The lowest BCUT2D eigenvalue weighted by atomic mass is 10.00. The van der Waals surface area contributed by atoms with Crippen LogP contribution in [0.4, 0.5) is 5.69 Å². The van der Waals surface area contributed by atoms with Crippen LogP contribution in [0.5, 0.6) is 11.5 Å². The third-order valence-electron chi connectivity index (χ3n) is 5.12. The highest BCUT2D eigenvalue weighted by molar-refractivity contribution is 6.30. The molecule has 4 rings (SSSR count). The molecule has 0 saturated heterocycles. The van der Waals surface area contributed by atoms with E-state index >= 15 is 0 Å². The fourth-order valence-electron chi connectivity index (χ4n) is 3.42. The van der Waals surface area contributed by atoms with Crippen LogP contribution in [0.1, 0.15) is 22.8 Å². The highest BCUT2D eigenvalue weighted by atomic mass is 35.5. The third kappa shape index (κ3) is 6.38. The van der Waals surface area contributed by atoms with Crippen LogP contribution in [0.2, 0.25) is 5.02 Å². The van der Waals surface area contributed by atoms with Crippen LogP contribution in [0.3, 0.4) is 0 Å². The van der Waals surface area contributed by atoms with Gasteiger partial charge in [0.1, 0.15) is 24.2 Å². The van der Waals surface area contributed by atoms with Gasteiger partial charge in [0.15, 0.2) is 6.61 Å². The Bertz CT molecular complexity index is 1230. The van der Waals surface area contributed by atoms with Crippen molar-refractivity contribution in [1.82, 2.24) is 0 Å². The summed E-state index contributed by atoms with van der Waals surface area (Å²) in [7, 11) is 0. The maximum Gasteiger partial charge on any atom is 0.262 e. The number of ether oxygens (including phenoxy) is 2. The Balaban J connectivity index is 1.37. The second kappa shape index (κ2) is 11.4. The molecule has 4 aromatic carbocycles. The van der Waals surface area contributed by atoms with Gasteiger partial charge in [0.05, 0.1) is 0 Å². The average molecular weight is 474 g/mol. The molecule has 0 saturated carbocycles. The van der Waals surface area contributed by atoms with Crippen molar-refractivity contribution >= 4 is 23.2 Å². The molecule has 1 amide bonds. The van der Waals surface area contributed by atoms with Crippen molar-refractivity contribution in [3.05, 3.63) is 125 Å². The zero-order chi connectivity index (χ0) is 23.8. The van der Waals surface area contributed by atoms with Crippen molar-refractivity contribution in [2.45, 2.75) is 12.7 Å². The molecule has 5 nitrogen and oxygen atoms in total. The van der Waals surface area contributed by atoms with Crippen molar-refractivity contribution in [3.63, 3.8) is 0 Å². The molecule has 0 aromatic heterocycles. The number of carbonyl (C=O) groups is 1. The summed E-state index contributed by atoms with van der Waals surface area (Å²) in [6, 6.07) is 31.1. The van der Waals surface area contributed by atoms with Crippen molar-refractivity contribution in [1.29, 1.82) is 0 Å². The van der Waals surface area contributed by atoms with E-state index < -0.39 is 6.10 Å². The highest BCUT2D eigenvalue weighted by Gasteiger charge is 2.17. The summed E-state index contributed by atoms with van der Waals surface area (Å²) in [6.07, 6.45) is -0.936. The summed E-state index contributed by atoms with van der Waals surface area (Å²) in [5.41, 5.74) is 2.73. The first-order chi connectivity index (χ1) is 16.6. The van der Waals surface area contributed by atoms with Crippen molar-refractivity contribution < 1.29 is 19.4 Å². The number of amides is 1. The van der Waals surface area contributed by atoms with E-state index in [4.69, 9.17) is 21.1 Å². The Labute approximate surface area is 203 Å². The van der Waals surface area contributed by atoms with Crippen LogP contribution in [-0.2, 0) is 11.4 Å². The quantitative estimate of drug-likeness (QED) is 0.312. The zero-order valence-corrected chi connectivity index (χ0v) is 19.1. The van der Waals surface area contributed by atoms with E-state index in [1.165, 1.54) is 0 Å². The first kappa shape index (κ1) is 23.4. The number of hydrogen-bond acceptors (Lipinski definition) is 4. The van der Waals surface area contributed by atoms with Crippen LogP contribution in [0, 0.1) is 0 Å². The Morgan fingerprint density at radius 3 is 2.24 bits per heavy atom. The van der Waals surface area contributed by atoms with Gasteiger partial charge in [-0.3, -0.25) is 4.79 Å². The van der Waals surface area contributed by atoms with Gasteiger partial charge in [-0.05, 0) is 41.5 Å². The molecular formula is C28H24ClNO4. The minimum absolute atomic E-state index is 0.203. The summed E-state index contributed by atoms with van der Waals surface area (Å²) in [4.78, 5) is 12.6. The van der Waals surface area contributed by atoms with Gasteiger partial charge in [0.2, 0.25) is 0 Å². The molecule has 0 aliphatic heterocycles. The molecule has 2 N–H and O–H groups in total. The number of aliphatic hydroxyl groups is 1. The second-order valence-corrected chi connectivity index (χ2v) is 8.07. The highest BCUT2D eigenvalue weighted by Crippen LogP contribution is 2.31. The Morgan fingerprint density at radius 2 is 1.50 bits per heavy atom. The summed E-state index contributed by atoms with van der Waals surface area (Å²) < 4.78 is 11.5. The molecule has 0 fully saturated rings. The largest absolute Gasteiger partial charge is 0.489 e. The number of halogens is 1. The van der Waals surface area contributed by atoms with E-state index in [0.717, 1.165) is 5.56 Å². The smallest absolute Gasteiger partial charge is 0.262 e. The SMILES string of the molecule is O=C(COc1cccc(OCc2ccccc2)c1)Nc1ccc(Cl)cc1C(O)c1ccccc1. The lowest BCUT2D eigenvalue weighted by Crippen LogP contribution is -2.21. The zero-order valence-electron chi connectivity index (χ0n) is 18.4. The molecular weight excluding hydrogens is 450 g/mol. The van der Waals surface area contributed by atoms with Crippen LogP contribution in [0.25, 0.3) is 0 Å². The van der Waals surface area contributed by atoms with Crippen LogP contribution >= 0.6 is 11.6 Å². The van der Waals surface area contributed by atoms with Gasteiger partial charge >= 0.3 is 0 Å². The van der Waals surface area contributed by atoms with Gasteiger partial charge in [-0.25, -0.2) is 0 Å². The Kier molecular flexibility index (Phi) is 7.81. The second-order valence-electron chi connectivity index (χ2n) is 7.63. The summed E-state index contributed by atoms with van der Waals surface area (Å²) in [5.74, 6) is 0.800. The van der Waals surface area contributed by atoms with E-state index in [9.17, 15) is 9.90 Å². The van der Waals surface area contributed by atoms with E-state index in [-0.39, 0.29) is 12.5 Å². The van der Waals surface area contributed by atoms with Gasteiger partial charge < -0.3 is 19.9 Å². The number of nitrogens with one attached hydrogen (secondary N) is 1. The molecule has 0 aliphatic rings. The maximum absolute atomic E-state index is 12.6. The molecule has 0 aliphatic carbocycles. The number of rotatable bonds is 9. The van der Waals surface area contributed by atoms with Crippen molar-refractivity contribution in [2.24, 2.45) is 0 Å². The number of carbonyl (C=O) groups excluding carboxylic acids is 1. The number of aliphatic hydroxyl groups excluding tert-OH is 1. The third-order valence-corrected chi connectivity index (χ3v) is 5.36. The average Bonchev–Trinajstić information content (AvgIpc) is 2.88. The summed E-state index contributed by atoms with van der Waals surface area (Å²) in [6.45, 7) is 0.236. The maximum atomic E-state index is 12.6. The fourth-order valence-corrected chi connectivity index (χ4v) is 3.60. The molecule has 4 aromatic rings. The van der Waals surface area contributed by atoms with E-state index in [2.05, 4.69) is 5.32 Å². The number of anilines is 1. The lowest BCUT2D eigenvalue weighted by Gasteiger charge is -2.17. The van der Waals surface area contributed by atoms with Crippen LogP contribution in [-0.4, -0.2) is 17.6 Å². The summed E-state index contributed by atoms with van der Waals surface area (Å²) in [5, 5.41) is 14.1. The van der Waals surface area contributed by atoms with Gasteiger partial charge in [-0.15, -0.1) is 0 Å². The van der Waals surface area contributed by atoms with E-state index in [1.807, 2.05) is 66.7 Å². The van der Waals surface area contributed by atoms with Gasteiger partial charge in [0.25, 0.3) is 5.91 Å². The van der Waals surface area contributed by atoms with E-state index in [1.54, 1.807) is 36.4 Å². The van der Waals surface area contributed by atoms with Crippen molar-refractivity contribution in [2.75, 3.05) is 11.9 Å². The monoisotopic (exact) mass is 473 g/mol. The Morgan fingerprint density at radius 1 is 0.824 bits per heavy atom. The molecule has 1 atom stereocenters. The molecule has 1 unspecified atom stereocenters. The van der Waals surface area contributed by atoms with Gasteiger partial charge in [0, 0.05) is 22.3 Å². The fraction of sp³-hybridized carbons (Fsp3) is 0.107. The Hall–Kier alpha value is -3.80. The minimum Gasteiger partial charge on any atom is -0.489 e. The predicted molar refractivity (Wildman–Crippen MR) is 133 cm³/mol.